The Morgan fingerprint density at radius 3 is 2.90 bits per heavy atom. The Labute approximate surface area is 187 Å². The smallest absolute Gasteiger partial charge is 0.262 e. The van der Waals surface area contributed by atoms with Gasteiger partial charge in [-0.2, -0.15) is 0 Å². The van der Waals surface area contributed by atoms with Gasteiger partial charge < -0.3 is 14.2 Å². The molecule has 0 aliphatic carbocycles. The van der Waals surface area contributed by atoms with Gasteiger partial charge in [0.25, 0.3) is 5.56 Å². The van der Waals surface area contributed by atoms with Gasteiger partial charge in [-0.1, -0.05) is 23.4 Å². The largest absolute Gasteiger partial charge is 0.454 e. The Hall–Kier alpha value is -2.55. The molecule has 0 amide bonds. The van der Waals surface area contributed by atoms with E-state index in [0.717, 1.165) is 12.8 Å². The van der Waals surface area contributed by atoms with E-state index in [9.17, 15) is 9.59 Å². The van der Waals surface area contributed by atoms with Gasteiger partial charge in [-0.05, 0) is 49.2 Å². The molecule has 160 valence electrons. The van der Waals surface area contributed by atoms with E-state index < -0.39 is 0 Å². The second kappa shape index (κ2) is 8.53. The van der Waals surface area contributed by atoms with Crippen molar-refractivity contribution in [2.24, 2.45) is 0 Å². The fourth-order valence-electron chi connectivity index (χ4n) is 3.72. The molecule has 1 aromatic heterocycles. The van der Waals surface area contributed by atoms with E-state index in [1.807, 2.05) is 0 Å². The van der Waals surface area contributed by atoms with E-state index in [2.05, 4.69) is 4.98 Å². The molecule has 2 aromatic carbocycles. The second-order valence-corrected chi connectivity index (χ2v) is 8.77. The van der Waals surface area contributed by atoms with Gasteiger partial charge in [-0.3, -0.25) is 14.2 Å². The van der Waals surface area contributed by atoms with E-state index >= 15 is 0 Å². The summed E-state index contributed by atoms with van der Waals surface area (Å²) in [5, 5.41) is 1.47. The lowest BCUT2D eigenvalue weighted by molar-refractivity contribution is 0.0937. The number of halogens is 1. The van der Waals surface area contributed by atoms with Crippen molar-refractivity contribution < 1.29 is 19.0 Å². The minimum Gasteiger partial charge on any atom is -0.454 e. The first kappa shape index (κ1) is 20.4. The predicted molar refractivity (Wildman–Crippen MR) is 118 cm³/mol. The van der Waals surface area contributed by atoms with Crippen molar-refractivity contribution in [3.05, 3.63) is 57.3 Å². The maximum atomic E-state index is 13.2. The SMILES string of the molecule is O=C(CSc1nc2cc(Cl)ccc2c(=O)n1CC1CCCO1)c1ccc2c(c1)OCO2. The number of carbonyl (C=O) groups is 1. The summed E-state index contributed by atoms with van der Waals surface area (Å²) in [5.41, 5.74) is 0.878. The fraction of sp³-hybridized carbons (Fsp3) is 0.318. The maximum absolute atomic E-state index is 13.2. The van der Waals surface area contributed by atoms with Crippen LogP contribution in [0.4, 0.5) is 0 Å². The van der Waals surface area contributed by atoms with Crippen LogP contribution >= 0.6 is 23.4 Å². The molecule has 0 saturated carbocycles. The van der Waals surface area contributed by atoms with Crippen molar-refractivity contribution in [3.8, 4) is 11.5 Å². The zero-order valence-electron chi connectivity index (χ0n) is 16.5. The van der Waals surface area contributed by atoms with Gasteiger partial charge in [-0.15, -0.1) is 0 Å². The third-order valence-corrected chi connectivity index (χ3v) is 6.53. The molecular formula is C22H19ClN2O5S. The second-order valence-electron chi connectivity index (χ2n) is 7.39. The van der Waals surface area contributed by atoms with Gasteiger partial charge in [0.05, 0.1) is 29.3 Å². The van der Waals surface area contributed by atoms with Crippen molar-refractivity contribution in [2.75, 3.05) is 19.2 Å². The Morgan fingerprint density at radius 1 is 1.19 bits per heavy atom. The van der Waals surface area contributed by atoms with Crippen LogP contribution in [0.5, 0.6) is 11.5 Å². The number of nitrogens with zero attached hydrogens (tertiary/aromatic N) is 2. The number of hydrogen-bond acceptors (Lipinski definition) is 7. The van der Waals surface area contributed by atoms with Crippen LogP contribution in [-0.2, 0) is 11.3 Å². The zero-order chi connectivity index (χ0) is 21.4. The van der Waals surface area contributed by atoms with Crippen LogP contribution < -0.4 is 15.0 Å². The first-order chi connectivity index (χ1) is 15.1. The molecule has 0 bridgehead atoms. The molecule has 1 saturated heterocycles. The highest BCUT2D eigenvalue weighted by molar-refractivity contribution is 7.99. The predicted octanol–water partition coefficient (Wildman–Crippen LogP) is 3.93. The van der Waals surface area contributed by atoms with Crippen LogP contribution in [0.3, 0.4) is 0 Å². The Bertz CT molecular complexity index is 1220. The molecule has 2 aliphatic heterocycles. The molecule has 5 rings (SSSR count). The number of rotatable bonds is 6. The van der Waals surface area contributed by atoms with Crippen LogP contribution in [0.25, 0.3) is 10.9 Å². The van der Waals surface area contributed by atoms with Crippen LogP contribution in [0.2, 0.25) is 5.02 Å². The molecule has 1 atom stereocenters. The van der Waals surface area contributed by atoms with E-state index in [0.29, 0.717) is 51.3 Å². The summed E-state index contributed by atoms with van der Waals surface area (Å²) in [6, 6.07) is 10.1. The highest BCUT2D eigenvalue weighted by Gasteiger charge is 2.22. The summed E-state index contributed by atoms with van der Waals surface area (Å²) >= 11 is 7.34. The fourth-order valence-corrected chi connectivity index (χ4v) is 4.79. The Kier molecular flexibility index (Phi) is 5.60. The van der Waals surface area contributed by atoms with E-state index in [4.69, 9.17) is 25.8 Å². The normalized spacial score (nSPS) is 17.4. The minimum absolute atomic E-state index is 0.0341. The molecule has 9 heteroatoms. The van der Waals surface area contributed by atoms with Crippen molar-refractivity contribution in [1.82, 2.24) is 9.55 Å². The van der Waals surface area contributed by atoms with E-state index in [-0.39, 0.29) is 30.0 Å². The standard InChI is InChI=1S/C22H19ClN2O5S/c23-14-4-5-16-17(9-14)24-22(25(21(16)27)10-15-2-1-7-28-15)31-11-18(26)13-3-6-19-20(8-13)30-12-29-19/h3-6,8-9,15H,1-2,7,10-12H2. The van der Waals surface area contributed by atoms with Gasteiger partial charge in [0.15, 0.2) is 22.4 Å². The highest BCUT2D eigenvalue weighted by Crippen LogP contribution is 2.33. The summed E-state index contributed by atoms with van der Waals surface area (Å²) < 4.78 is 18.0. The molecule has 0 N–H and O–H groups in total. The molecule has 1 unspecified atom stereocenters. The van der Waals surface area contributed by atoms with Crippen LogP contribution in [-0.4, -0.2) is 40.6 Å². The van der Waals surface area contributed by atoms with E-state index in [1.165, 1.54) is 11.8 Å². The zero-order valence-corrected chi connectivity index (χ0v) is 18.1. The maximum Gasteiger partial charge on any atom is 0.262 e. The number of fused-ring (bicyclic) bond motifs is 2. The first-order valence-corrected chi connectivity index (χ1v) is 11.3. The van der Waals surface area contributed by atoms with Crippen molar-refractivity contribution in [1.29, 1.82) is 0 Å². The molecule has 1 fully saturated rings. The average molecular weight is 459 g/mol. The molecular weight excluding hydrogens is 440 g/mol. The van der Waals surface area contributed by atoms with Gasteiger partial charge in [0.2, 0.25) is 6.79 Å². The number of benzene rings is 2. The number of hydrogen-bond donors (Lipinski definition) is 0. The van der Waals surface area contributed by atoms with Crippen LogP contribution in [0, 0.1) is 0 Å². The highest BCUT2D eigenvalue weighted by atomic mass is 35.5. The summed E-state index contributed by atoms with van der Waals surface area (Å²) in [5.74, 6) is 1.23. The molecule has 31 heavy (non-hydrogen) atoms. The average Bonchev–Trinajstić information content (AvgIpc) is 3.45. The molecule has 2 aliphatic rings. The molecule has 0 radical (unpaired) electrons. The first-order valence-electron chi connectivity index (χ1n) is 9.96. The van der Waals surface area contributed by atoms with E-state index in [1.54, 1.807) is 41.0 Å². The van der Waals surface area contributed by atoms with Crippen LogP contribution in [0.15, 0.2) is 46.3 Å². The number of thioether (sulfide) groups is 1. The number of ketones is 1. The molecule has 0 spiro atoms. The van der Waals surface area contributed by atoms with Gasteiger partial charge in [-0.25, -0.2) is 4.98 Å². The summed E-state index contributed by atoms with van der Waals surface area (Å²) in [4.78, 5) is 30.6. The third kappa shape index (κ3) is 4.15. The number of Topliss-reactive ketones (excluding diaryl/α,β-unsaturated/α-hetero) is 1. The monoisotopic (exact) mass is 458 g/mol. The van der Waals surface area contributed by atoms with Gasteiger partial charge in [0, 0.05) is 17.2 Å². The third-order valence-electron chi connectivity index (χ3n) is 5.32. The summed E-state index contributed by atoms with van der Waals surface area (Å²) in [6.07, 6.45) is 1.83. The van der Waals surface area contributed by atoms with Crippen molar-refractivity contribution in [2.45, 2.75) is 30.6 Å². The summed E-state index contributed by atoms with van der Waals surface area (Å²) in [7, 11) is 0. The lowest BCUT2D eigenvalue weighted by Gasteiger charge is -2.16. The quantitative estimate of drug-likeness (QED) is 0.314. The Balaban J connectivity index is 1.44. The minimum atomic E-state index is -0.157. The van der Waals surface area contributed by atoms with Gasteiger partial charge >= 0.3 is 0 Å². The topological polar surface area (TPSA) is 79.7 Å². The molecule has 3 aromatic rings. The Morgan fingerprint density at radius 2 is 2.06 bits per heavy atom. The lowest BCUT2D eigenvalue weighted by atomic mass is 10.1. The summed E-state index contributed by atoms with van der Waals surface area (Å²) in [6.45, 7) is 1.26. The molecule has 7 nitrogen and oxygen atoms in total. The van der Waals surface area contributed by atoms with Crippen molar-refractivity contribution in [3.63, 3.8) is 0 Å². The van der Waals surface area contributed by atoms with Gasteiger partial charge in [0.1, 0.15) is 0 Å². The van der Waals surface area contributed by atoms with Crippen LogP contribution in [0.1, 0.15) is 23.2 Å². The number of ether oxygens (including phenoxy) is 3. The number of carbonyl (C=O) groups excluding carboxylic acids is 1. The van der Waals surface area contributed by atoms with Crippen molar-refractivity contribution >= 4 is 40.0 Å². The lowest BCUT2D eigenvalue weighted by Crippen LogP contribution is -2.29. The molecule has 3 heterocycles. The number of aromatic nitrogens is 2.